The van der Waals surface area contributed by atoms with Gasteiger partial charge >= 0.3 is 5.97 Å². The number of nitrogens with zero attached hydrogens (tertiary/aromatic N) is 3. The van der Waals surface area contributed by atoms with Crippen molar-refractivity contribution in [2.45, 2.75) is 26.2 Å². The average molecular weight is 371 g/mol. The number of fused-ring (bicyclic) bond motifs is 1. The fourth-order valence-corrected chi connectivity index (χ4v) is 3.51. The number of carboxylic acid groups (broad SMARTS) is 1. The van der Waals surface area contributed by atoms with Gasteiger partial charge in [-0.3, -0.25) is 0 Å². The third-order valence-electron chi connectivity index (χ3n) is 4.85. The van der Waals surface area contributed by atoms with Crippen LogP contribution in [-0.2, 0) is 12.8 Å². The Morgan fingerprint density at radius 1 is 1.04 bits per heavy atom. The molecule has 0 atom stereocenters. The van der Waals surface area contributed by atoms with E-state index in [1.807, 2.05) is 53.0 Å². The van der Waals surface area contributed by atoms with Gasteiger partial charge in [-0.15, -0.1) is 0 Å². The van der Waals surface area contributed by atoms with Gasteiger partial charge in [0, 0.05) is 12.6 Å². The Labute approximate surface area is 163 Å². The van der Waals surface area contributed by atoms with Crippen LogP contribution >= 0.6 is 0 Å². The van der Waals surface area contributed by atoms with Crippen LogP contribution < -0.4 is 0 Å². The van der Waals surface area contributed by atoms with Gasteiger partial charge in [-0.05, 0) is 41.3 Å². The largest absolute Gasteiger partial charge is 0.478 e. The first-order valence-corrected chi connectivity index (χ1v) is 9.40. The molecule has 140 valence electrons. The third kappa shape index (κ3) is 3.39. The van der Waals surface area contributed by atoms with E-state index in [1.165, 1.54) is 0 Å². The Bertz CT molecular complexity index is 1130. The van der Waals surface area contributed by atoms with Crippen LogP contribution in [0, 0.1) is 0 Å². The SMILES string of the molecule is CCCc1nc2cccnn2c1Cc1ccc(-c2ccccc2C(=O)O)cc1. The number of aromatic carboxylic acids is 1. The molecule has 4 aromatic rings. The van der Waals surface area contributed by atoms with Crippen LogP contribution in [0.5, 0.6) is 0 Å². The Kier molecular flexibility index (Phi) is 4.89. The standard InChI is InChI=1S/C23H21N3O2/c1-2-6-20-21(26-22(25-20)9-5-14-24-26)15-16-10-12-17(13-11-16)18-7-3-4-8-19(18)23(27)28/h3-5,7-14H,2,6,15H2,1H3,(H,27,28). The van der Waals surface area contributed by atoms with Gasteiger partial charge in [-0.1, -0.05) is 55.8 Å². The van der Waals surface area contributed by atoms with Gasteiger partial charge in [0.25, 0.3) is 0 Å². The molecular weight excluding hydrogens is 350 g/mol. The summed E-state index contributed by atoms with van der Waals surface area (Å²) >= 11 is 0. The summed E-state index contributed by atoms with van der Waals surface area (Å²) in [4.78, 5) is 16.2. The van der Waals surface area contributed by atoms with Crippen molar-refractivity contribution in [3.8, 4) is 11.1 Å². The fourth-order valence-electron chi connectivity index (χ4n) is 3.51. The number of aryl methyl sites for hydroxylation is 1. The second kappa shape index (κ2) is 7.64. The first-order valence-electron chi connectivity index (χ1n) is 9.40. The molecule has 2 aromatic heterocycles. The molecule has 0 spiro atoms. The van der Waals surface area contributed by atoms with Crippen molar-refractivity contribution in [3.05, 3.63) is 89.4 Å². The molecule has 0 unspecified atom stereocenters. The van der Waals surface area contributed by atoms with E-state index in [1.54, 1.807) is 18.3 Å². The van der Waals surface area contributed by atoms with Gasteiger partial charge in [0.15, 0.2) is 5.65 Å². The van der Waals surface area contributed by atoms with E-state index in [0.717, 1.165) is 53.0 Å². The van der Waals surface area contributed by atoms with Crippen molar-refractivity contribution in [1.29, 1.82) is 0 Å². The van der Waals surface area contributed by atoms with Gasteiger partial charge in [0.1, 0.15) is 0 Å². The number of carbonyl (C=O) groups is 1. The Hall–Kier alpha value is -3.47. The number of hydrogen-bond donors (Lipinski definition) is 1. The van der Waals surface area contributed by atoms with Gasteiger partial charge in [-0.25, -0.2) is 14.3 Å². The molecule has 0 aliphatic rings. The predicted molar refractivity (Wildman–Crippen MR) is 109 cm³/mol. The number of imidazole rings is 1. The summed E-state index contributed by atoms with van der Waals surface area (Å²) in [6, 6.07) is 19.0. The monoisotopic (exact) mass is 371 g/mol. The molecule has 5 heteroatoms. The van der Waals surface area contributed by atoms with E-state index < -0.39 is 5.97 Å². The molecule has 0 amide bonds. The van der Waals surface area contributed by atoms with Crippen molar-refractivity contribution in [2.24, 2.45) is 0 Å². The van der Waals surface area contributed by atoms with Crippen molar-refractivity contribution < 1.29 is 9.90 Å². The first-order chi connectivity index (χ1) is 13.7. The predicted octanol–water partition coefficient (Wildman–Crippen LogP) is 4.64. The van der Waals surface area contributed by atoms with E-state index in [0.29, 0.717) is 5.56 Å². The van der Waals surface area contributed by atoms with E-state index in [9.17, 15) is 9.90 Å². The maximum atomic E-state index is 11.5. The normalized spacial score (nSPS) is 11.0. The zero-order valence-corrected chi connectivity index (χ0v) is 15.7. The highest BCUT2D eigenvalue weighted by Crippen LogP contribution is 2.25. The van der Waals surface area contributed by atoms with Gasteiger partial charge in [0.05, 0.1) is 17.0 Å². The van der Waals surface area contributed by atoms with Crippen LogP contribution in [0.15, 0.2) is 66.9 Å². The molecule has 0 aliphatic heterocycles. The van der Waals surface area contributed by atoms with E-state index in [4.69, 9.17) is 4.98 Å². The minimum absolute atomic E-state index is 0.312. The number of hydrogen-bond acceptors (Lipinski definition) is 3. The number of benzene rings is 2. The molecule has 28 heavy (non-hydrogen) atoms. The zero-order chi connectivity index (χ0) is 19.5. The van der Waals surface area contributed by atoms with Crippen molar-refractivity contribution in [3.63, 3.8) is 0 Å². The van der Waals surface area contributed by atoms with Gasteiger partial charge in [-0.2, -0.15) is 5.10 Å². The summed E-state index contributed by atoms with van der Waals surface area (Å²) in [5, 5.41) is 13.9. The van der Waals surface area contributed by atoms with Crippen LogP contribution in [0.4, 0.5) is 0 Å². The topological polar surface area (TPSA) is 67.5 Å². The molecule has 2 aromatic carbocycles. The number of aromatic nitrogens is 3. The minimum Gasteiger partial charge on any atom is -0.478 e. The number of rotatable bonds is 6. The molecule has 4 rings (SSSR count). The third-order valence-corrected chi connectivity index (χ3v) is 4.85. The van der Waals surface area contributed by atoms with E-state index in [2.05, 4.69) is 12.0 Å². The lowest BCUT2D eigenvalue weighted by Gasteiger charge is -2.08. The van der Waals surface area contributed by atoms with Crippen molar-refractivity contribution in [1.82, 2.24) is 14.6 Å². The summed E-state index contributed by atoms with van der Waals surface area (Å²) in [7, 11) is 0. The summed E-state index contributed by atoms with van der Waals surface area (Å²) < 4.78 is 1.92. The fraction of sp³-hybridized carbons (Fsp3) is 0.174. The molecule has 0 aliphatic carbocycles. The minimum atomic E-state index is -0.916. The average Bonchev–Trinajstić information content (AvgIpc) is 3.06. The van der Waals surface area contributed by atoms with Crippen molar-refractivity contribution >= 4 is 11.6 Å². The second-order valence-corrected chi connectivity index (χ2v) is 6.77. The summed E-state index contributed by atoms with van der Waals surface area (Å²) in [6.45, 7) is 2.15. The number of carboxylic acids is 1. The lowest BCUT2D eigenvalue weighted by atomic mass is 9.97. The molecule has 5 nitrogen and oxygen atoms in total. The quantitative estimate of drug-likeness (QED) is 0.536. The van der Waals surface area contributed by atoms with Crippen LogP contribution in [0.25, 0.3) is 16.8 Å². The zero-order valence-electron chi connectivity index (χ0n) is 15.7. The lowest BCUT2D eigenvalue weighted by molar-refractivity contribution is 0.0697. The lowest BCUT2D eigenvalue weighted by Crippen LogP contribution is -2.01. The highest BCUT2D eigenvalue weighted by molar-refractivity contribution is 5.95. The van der Waals surface area contributed by atoms with Gasteiger partial charge in [0.2, 0.25) is 0 Å². The highest BCUT2D eigenvalue weighted by Gasteiger charge is 2.14. The van der Waals surface area contributed by atoms with Crippen LogP contribution in [0.2, 0.25) is 0 Å². The van der Waals surface area contributed by atoms with Crippen LogP contribution in [0.3, 0.4) is 0 Å². The molecule has 2 heterocycles. The summed E-state index contributed by atoms with van der Waals surface area (Å²) in [5.41, 5.74) is 6.13. The Balaban J connectivity index is 1.67. The smallest absolute Gasteiger partial charge is 0.336 e. The van der Waals surface area contributed by atoms with E-state index >= 15 is 0 Å². The molecule has 1 N–H and O–H groups in total. The Morgan fingerprint density at radius 2 is 1.82 bits per heavy atom. The second-order valence-electron chi connectivity index (χ2n) is 6.77. The molecular formula is C23H21N3O2. The molecule has 0 fully saturated rings. The summed E-state index contributed by atoms with van der Waals surface area (Å²) in [6.07, 6.45) is 4.46. The maximum Gasteiger partial charge on any atom is 0.336 e. The van der Waals surface area contributed by atoms with Gasteiger partial charge < -0.3 is 5.11 Å². The molecule has 0 radical (unpaired) electrons. The highest BCUT2D eigenvalue weighted by atomic mass is 16.4. The molecule has 0 saturated carbocycles. The molecule has 0 saturated heterocycles. The maximum absolute atomic E-state index is 11.5. The van der Waals surface area contributed by atoms with Crippen molar-refractivity contribution in [2.75, 3.05) is 0 Å². The summed E-state index contributed by atoms with van der Waals surface area (Å²) in [5.74, 6) is -0.916. The van der Waals surface area contributed by atoms with Crippen LogP contribution in [0.1, 0.15) is 40.7 Å². The first kappa shape index (κ1) is 17.9. The van der Waals surface area contributed by atoms with Crippen LogP contribution in [-0.4, -0.2) is 25.7 Å². The molecule has 0 bridgehead atoms. The van der Waals surface area contributed by atoms with E-state index in [-0.39, 0.29) is 0 Å². The Morgan fingerprint density at radius 3 is 2.57 bits per heavy atom.